The molecule has 0 bridgehead atoms. The average molecular weight is 1280 g/mol. The highest BCUT2D eigenvalue weighted by atomic mass is 15.0. The van der Waals surface area contributed by atoms with E-state index < -0.39 is 0 Å². The SMILES string of the molecule is CC1(C)c2ccccc2-c2cc(-n3c4ccccc4c4cc(-c5ccc6c(c5)c5ccccc5n6-c5ccc(-c6ccccc6)cc5)ccc43)ccc21.CC1(C)c2ccccc2-c2cc(-n3c4ccccc4c4cc(-c5ccc6c(c5)c5ccccc5n6-c5ccccc5)ccc43)ccc21. The van der Waals surface area contributed by atoms with E-state index in [1.54, 1.807) is 0 Å². The van der Waals surface area contributed by atoms with Gasteiger partial charge in [-0.3, -0.25) is 0 Å². The number of rotatable bonds is 7. The Kier molecular flexibility index (Phi) is 12.7. The van der Waals surface area contributed by atoms with Crippen molar-refractivity contribution in [2.24, 2.45) is 0 Å². The van der Waals surface area contributed by atoms with Crippen molar-refractivity contribution >= 4 is 87.2 Å². The molecular formula is C96H68N4. The molecule has 4 heteroatoms. The van der Waals surface area contributed by atoms with Crippen LogP contribution < -0.4 is 0 Å². The topological polar surface area (TPSA) is 19.7 Å². The molecule has 0 amide bonds. The van der Waals surface area contributed by atoms with E-state index in [2.05, 4.69) is 386 Å². The van der Waals surface area contributed by atoms with Gasteiger partial charge in [0.2, 0.25) is 0 Å². The lowest BCUT2D eigenvalue weighted by Gasteiger charge is -2.21. The molecule has 0 fully saturated rings. The van der Waals surface area contributed by atoms with E-state index in [4.69, 9.17) is 0 Å². The van der Waals surface area contributed by atoms with E-state index in [9.17, 15) is 0 Å². The van der Waals surface area contributed by atoms with Gasteiger partial charge in [-0.1, -0.05) is 246 Å². The van der Waals surface area contributed by atoms with E-state index >= 15 is 0 Å². The van der Waals surface area contributed by atoms with Crippen molar-refractivity contribution in [3.05, 3.63) is 362 Å². The van der Waals surface area contributed by atoms with Crippen LogP contribution in [0.4, 0.5) is 0 Å². The van der Waals surface area contributed by atoms with Gasteiger partial charge >= 0.3 is 0 Å². The highest BCUT2D eigenvalue weighted by Crippen LogP contribution is 2.52. The Morgan fingerprint density at radius 2 is 0.430 bits per heavy atom. The fraction of sp³-hybridized carbons (Fsp3) is 0.0625. The summed E-state index contributed by atoms with van der Waals surface area (Å²) in [4.78, 5) is 0. The molecule has 0 spiro atoms. The molecule has 4 heterocycles. The summed E-state index contributed by atoms with van der Waals surface area (Å²) in [5.74, 6) is 0. The number of nitrogens with zero attached hydrogens (tertiary/aromatic N) is 4. The lowest BCUT2D eigenvalue weighted by atomic mass is 9.82. The zero-order valence-electron chi connectivity index (χ0n) is 56.1. The Morgan fingerprint density at radius 3 is 0.810 bits per heavy atom. The van der Waals surface area contributed by atoms with E-state index in [0.29, 0.717) is 0 Å². The minimum atomic E-state index is -0.0133. The first-order valence-corrected chi connectivity index (χ1v) is 35.0. The zero-order valence-corrected chi connectivity index (χ0v) is 56.1. The second-order valence-electron chi connectivity index (χ2n) is 28.4. The predicted octanol–water partition coefficient (Wildman–Crippen LogP) is 25.4. The third kappa shape index (κ3) is 8.66. The van der Waals surface area contributed by atoms with Crippen LogP contribution in [-0.4, -0.2) is 18.3 Å². The number of hydrogen-bond donors (Lipinski definition) is 0. The summed E-state index contributed by atoms with van der Waals surface area (Å²) in [6.45, 7) is 9.38. The predicted molar refractivity (Wildman–Crippen MR) is 422 cm³/mol. The summed E-state index contributed by atoms with van der Waals surface area (Å²) in [6.07, 6.45) is 0. The Labute approximate surface area is 580 Å². The maximum atomic E-state index is 2.45. The van der Waals surface area contributed by atoms with Crippen LogP contribution >= 0.6 is 0 Å². The first-order valence-electron chi connectivity index (χ1n) is 35.0. The molecule has 100 heavy (non-hydrogen) atoms. The van der Waals surface area contributed by atoms with Crippen molar-refractivity contribution in [3.8, 4) is 78.4 Å². The summed E-state index contributed by atoms with van der Waals surface area (Å²) in [5.41, 5.74) is 32.8. The molecule has 0 unspecified atom stereocenters. The highest BCUT2D eigenvalue weighted by Gasteiger charge is 2.37. The molecule has 4 nitrogen and oxygen atoms in total. The fourth-order valence-electron chi connectivity index (χ4n) is 17.4. The second-order valence-corrected chi connectivity index (χ2v) is 28.4. The molecule has 0 radical (unpaired) electrons. The monoisotopic (exact) mass is 1280 g/mol. The van der Waals surface area contributed by atoms with E-state index in [1.165, 1.54) is 182 Å². The molecule has 21 rings (SSSR count). The van der Waals surface area contributed by atoms with Gasteiger partial charge in [-0.25, -0.2) is 0 Å². The van der Waals surface area contributed by atoms with E-state index in [1.807, 2.05) is 0 Å². The van der Waals surface area contributed by atoms with Crippen LogP contribution in [0, 0.1) is 0 Å². The van der Waals surface area contributed by atoms with E-state index in [-0.39, 0.29) is 10.8 Å². The first-order chi connectivity index (χ1) is 49.1. The van der Waals surface area contributed by atoms with E-state index in [0.717, 1.165) is 5.69 Å². The molecule has 0 saturated heterocycles. The van der Waals surface area contributed by atoms with Crippen molar-refractivity contribution in [3.63, 3.8) is 0 Å². The van der Waals surface area contributed by atoms with Crippen LogP contribution in [0.5, 0.6) is 0 Å². The minimum Gasteiger partial charge on any atom is -0.309 e. The van der Waals surface area contributed by atoms with Crippen molar-refractivity contribution in [2.75, 3.05) is 0 Å². The lowest BCUT2D eigenvalue weighted by Crippen LogP contribution is -2.14. The second kappa shape index (κ2) is 22.0. The molecule has 2 aliphatic carbocycles. The van der Waals surface area contributed by atoms with Gasteiger partial charge < -0.3 is 18.3 Å². The zero-order chi connectivity index (χ0) is 66.5. The third-order valence-corrected chi connectivity index (χ3v) is 22.3. The smallest absolute Gasteiger partial charge is 0.0541 e. The molecule has 2 aliphatic rings. The summed E-state index contributed by atoms with van der Waals surface area (Å²) < 4.78 is 9.67. The van der Waals surface area contributed by atoms with Crippen molar-refractivity contribution < 1.29 is 0 Å². The lowest BCUT2D eigenvalue weighted by molar-refractivity contribution is 0.660. The normalized spacial score (nSPS) is 13.4. The van der Waals surface area contributed by atoms with Gasteiger partial charge in [0.15, 0.2) is 0 Å². The van der Waals surface area contributed by atoms with Gasteiger partial charge in [-0.05, 0) is 199 Å². The average Bonchev–Trinajstić information content (AvgIpc) is 1.58. The van der Waals surface area contributed by atoms with Gasteiger partial charge in [-0.15, -0.1) is 0 Å². The minimum absolute atomic E-state index is 0.00527. The molecule has 0 aliphatic heterocycles. The van der Waals surface area contributed by atoms with Crippen LogP contribution in [0.25, 0.3) is 166 Å². The third-order valence-electron chi connectivity index (χ3n) is 22.3. The first kappa shape index (κ1) is 57.7. The van der Waals surface area contributed by atoms with Gasteiger partial charge in [0.05, 0.1) is 44.1 Å². The Morgan fingerprint density at radius 1 is 0.170 bits per heavy atom. The molecule has 4 aromatic heterocycles. The Hall–Kier alpha value is -12.5. The summed E-state index contributed by atoms with van der Waals surface area (Å²) in [6, 6.07) is 125. The van der Waals surface area contributed by atoms with Crippen LogP contribution in [0.3, 0.4) is 0 Å². The summed E-state index contributed by atoms with van der Waals surface area (Å²) >= 11 is 0. The molecule has 15 aromatic carbocycles. The molecule has 0 atom stereocenters. The number of aromatic nitrogens is 4. The number of hydrogen-bond acceptors (Lipinski definition) is 0. The molecule has 0 N–H and O–H groups in total. The quantitative estimate of drug-likeness (QED) is 0.152. The maximum Gasteiger partial charge on any atom is 0.0541 e. The van der Waals surface area contributed by atoms with Gasteiger partial charge in [0, 0.05) is 76.7 Å². The number of para-hydroxylation sites is 5. The number of fused-ring (bicyclic) bond motifs is 18. The molecule has 0 saturated carbocycles. The standard InChI is InChI=1S/C51H36N2.C45H32N2/c1-51(2)45-17-9-6-14-39(45)42-32-38(26-27-46(42)51)53-48-19-11-8-16-41(48)44-31-36(23-29-50(44)53)35-22-28-49-43(30-35)40-15-7-10-18-47(40)52(49)37-24-20-34(21-25-37)33-12-4-3-5-13-33;1-45(2)39-17-9-6-14-33(39)36-28-32(22-23-40(36)45)47-42-19-11-8-16-35(42)38-27-30(21-25-44(38)47)29-20-24-43-37(26-29)34-15-7-10-18-41(34)46(43)31-12-4-3-5-13-31/h3-32H,1-2H3;3-28H,1-2H3. The highest BCUT2D eigenvalue weighted by molar-refractivity contribution is 6.15. The van der Waals surface area contributed by atoms with Crippen LogP contribution in [0.15, 0.2) is 340 Å². The van der Waals surface area contributed by atoms with Crippen LogP contribution in [0.1, 0.15) is 49.9 Å². The fourth-order valence-corrected chi connectivity index (χ4v) is 17.4. The van der Waals surface area contributed by atoms with Crippen LogP contribution in [0.2, 0.25) is 0 Å². The Bertz CT molecular complexity index is 6560. The number of benzene rings is 15. The van der Waals surface area contributed by atoms with Crippen molar-refractivity contribution in [1.29, 1.82) is 0 Å². The van der Waals surface area contributed by atoms with Gasteiger partial charge in [-0.2, -0.15) is 0 Å². The van der Waals surface area contributed by atoms with Crippen molar-refractivity contribution in [1.82, 2.24) is 18.3 Å². The van der Waals surface area contributed by atoms with Crippen LogP contribution in [-0.2, 0) is 10.8 Å². The molecule has 472 valence electrons. The molecule has 19 aromatic rings. The maximum absolute atomic E-state index is 2.45. The molecular weight excluding hydrogens is 1210 g/mol. The Balaban J connectivity index is 0.000000136. The largest absolute Gasteiger partial charge is 0.309 e. The summed E-state index contributed by atoms with van der Waals surface area (Å²) in [7, 11) is 0. The summed E-state index contributed by atoms with van der Waals surface area (Å²) in [5, 5.41) is 10.1. The van der Waals surface area contributed by atoms with Gasteiger partial charge in [0.25, 0.3) is 0 Å². The van der Waals surface area contributed by atoms with Gasteiger partial charge in [0.1, 0.15) is 0 Å². The van der Waals surface area contributed by atoms with Crippen molar-refractivity contribution in [2.45, 2.75) is 38.5 Å².